The molecule has 284 valence electrons. The first-order valence-corrected chi connectivity index (χ1v) is 20.7. The lowest BCUT2D eigenvalue weighted by Gasteiger charge is -2.12. The largest absolute Gasteiger partial charge is 0.309 e. The van der Waals surface area contributed by atoms with Crippen molar-refractivity contribution >= 4 is 54.3 Å². The summed E-state index contributed by atoms with van der Waals surface area (Å²) < 4.78 is 2.42. The molecule has 61 heavy (non-hydrogen) atoms. The van der Waals surface area contributed by atoms with Crippen LogP contribution >= 0.6 is 0 Å². The maximum absolute atomic E-state index is 5.28. The van der Waals surface area contributed by atoms with Crippen molar-refractivity contribution in [3.05, 3.63) is 218 Å². The summed E-state index contributed by atoms with van der Waals surface area (Å²) in [6.07, 6.45) is 0. The smallest absolute Gasteiger partial charge is 0.160 e. The van der Waals surface area contributed by atoms with Crippen LogP contribution in [0.4, 0.5) is 0 Å². The SMILES string of the molecule is c1ccc(-c2cc(-c3ccc4ccc(-c5cccc6c5c5cc7c(cc5n6-c5ccccc5)c(-c5ccccc5)nc5ccccc57)cc4c3)nc(-c3ccccc3)n2)cc1. The Labute approximate surface area is 352 Å². The van der Waals surface area contributed by atoms with E-state index in [0.29, 0.717) is 5.82 Å². The molecule has 12 aromatic rings. The van der Waals surface area contributed by atoms with Gasteiger partial charge in [0.15, 0.2) is 5.82 Å². The van der Waals surface area contributed by atoms with Crippen LogP contribution in [-0.2, 0) is 0 Å². The molecule has 0 amide bonds. The molecule has 3 aromatic heterocycles. The molecule has 0 bridgehead atoms. The van der Waals surface area contributed by atoms with Crippen molar-refractivity contribution in [1.29, 1.82) is 0 Å². The molecule has 4 nitrogen and oxygen atoms in total. The number of hydrogen-bond acceptors (Lipinski definition) is 3. The van der Waals surface area contributed by atoms with Gasteiger partial charge in [0.2, 0.25) is 0 Å². The van der Waals surface area contributed by atoms with Crippen molar-refractivity contribution in [3.8, 4) is 62.0 Å². The van der Waals surface area contributed by atoms with Crippen molar-refractivity contribution in [1.82, 2.24) is 19.5 Å². The molecular formula is C57H36N4. The normalized spacial score (nSPS) is 11.6. The number of rotatable bonds is 6. The highest BCUT2D eigenvalue weighted by Gasteiger charge is 2.20. The highest BCUT2D eigenvalue weighted by molar-refractivity contribution is 6.23. The van der Waals surface area contributed by atoms with Crippen LogP contribution in [-0.4, -0.2) is 19.5 Å². The summed E-state index contributed by atoms with van der Waals surface area (Å²) in [5.41, 5.74) is 13.7. The molecule has 0 unspecified atom stereocenters. The molecular weight excluding hydrogens is 741 g/mol. The molecule has 12 rings (SSSR count). The number of hydrogen-bond donors (Lipinski definition) is 0. The quantitative estimate of drug-likeness (QED) is 0.158. The summed E-state index contributed by atoms with van der Waals surface area (Å²) in [4.78, 5) is 15.5. The summed E-state index contributed by atoms with van der Waals surface area (Å²) in [6, 6.07) is 77.5. The van der Waals surface area contributed by atoms with Gasteiger partial charge in [0, 0.05) is 49.5 Å². The van der Waals surface area contributed by atoms with E-state index < -0.39 is 0 Å². The molecule has 0 saturated heterocycles. The van der Waals surface area contributed by atoms with Gasteiger partial charge in [0.1, 0.15) is 0 Å². The number of pyridine rings is 1. The highest BCUT2D eigenvalue weighted by atomic mass is 15.0. The predicted octanol–water partition coefficient (Wildman–Crippen LogP) is 14.8. The molecule has 0 aliphatic rings. The predicted molar refractivity (Wildman–Crippen MR) is 254 cm³/mol. The van der Waals surface area contributed by atoms with E-state index in [0.717, 1.165) is 83.3 Å². The van der Waals surface area contributed by atoms with Crippen molar-refractivity contribution in [2.24, 2.45) is 0 Å². The third-order valence-corrected chi connectivity index (χ3v) is 11.9. The standard InChI is InChI=1S/C57H36N4/c1-5-16-38(17-6-1)51-36-52(60-57(59-51)40-20-9-3-10-21-40)42-31-29-37-28-30-41(32-43(37)33-42)45-25-15-27-53-55(45)49-34-47-46-24-13-14-26-50(46)58-56(39-18-7-2-8-19-39)48(47)35-54(49)61(53)44-22-11-4-12-23-44/h1-36H. The fraction of sp³-hybridized carbons (Fsp3) is 0. The zero-order valence-electron chi connectivity index (χ0n) is 33.1. The topological polar surface area (TPSA) is 43.6 Å². The van der Waals surface area contributed by atoms with Gasteiger partial charge in [-0.2, -0.15) is 0 Å². The molecule has 4 heteroatoms. The van der Waals surface area contributed by atoms with E-state index in [4.69, 9.17) is 15.0 Å². The fourth-order valence-corrected chi connectivity index (χ4v) is 9.06. The van der Waals surface area contributed by atoms with E-state index in [1.807, 2.05) is 24.3 Å². The third kappa shape index (κ3) is 5.96. The van der Waals surface area contributed by atoms with Crippen molar-refractivity contribution in [3.63, 3.8) is 0 Å². The van der Waals surface area contributed by atoms with Gasteiger partial charge in [-0.05, 0) is 81.9 Å². The van der Waals surface area contributed by atoms with Gasteiger partial charge in [-0.15, -0.1) is 0 Å². The van der Waals surface area contributed by atoms with Crippen LogP contribution in [0, 0.1) is 0 Å². The Morgan fingerprint density at radius 1 is 0.328 bits per heavy atom. The Bertz CT molecular complexity index is 3560. The minimum atomic E-state index is 0.708. The Kier molecular flexibility index (Phi) is 8.13. The van der Waals surface area contributed by atoms with E-state index in [9.17, 15) is 0 Å². The third-order valence-electron chi connectivity index (χ3n) is 11.9. The van der Waals surface area contributed by atoms with Crippen LogP contribution in [0.25, 0.3) is 116 Å². The minimum absolute atomic E-state index is 0.708. The monoisotopic (exact) mass is 776 g/mol. The molecule has 0 saturated carbocycles. The van der Waals surface area contributed by atoms with Crippen LogP contribution < -0.4 is 0 Å². The highest BCUT2D eigenvalue weighted by Crippen LogP contribution is 2.43. The number of nitrogens with zero attached hydrogens (tertiary/aromatic N) is 4. The molecule has 0 aliphatic carbocycles. The second-order valence-corrected chi connectivity index (χ2v) is 15.6. The lowest BCUT2D eigenvalue weighted by molar-refractivity contribution is 1.18. The second kappa shape index (κ2) is 14.3. The first-order chi connectivity index (χ1) is 30.2. The fourth-order valence-electron chi connectivity index (χ4n) is 9.06. The number of benzene rings is 9. The van der Waals surface area contributed by atoms with Gasteiger partial charge in [0.05, 0.1) is 33.6 Å². The molecule has 0 aliphatic heterocycles. The molecule has 0 spiro atoms. The van der Waals surface area contributed by atoms with Gasteiger partial charge in [-0.3, -0.25) is 0 Å². The Morgan fingerprint density at radius 2 is 0.951 bits per heavy atom. The van der Waals surface area contributed by atoms with Gasteiger partial charge in [-0.1, -0.05) is 164 Å². The maximum Gasteiger partial charge on any atom is 0.160 e. The first-order valence-electron chi connectivity index (χ1n) is 20.7. The Balaban J connectivity index is 1.09. The summed E-state index contributed by atoms with van der Waals surface area (Å²) in [6.45, 7) is 0. The zero-order chi connectivity index (χ0) is 40.3. The van der Waals surface area contributed by atoms with Crippen molar-refractivity contribution < 1.29 is 0 Å². The zero-order valence-corrected chi connectivity index (χ0v) is 33.1. The van der Waals surface area contributed by atoms with Crippen LogP contribution in [0.15, 0.2) is 218 Å². The molecule has 3 heterocycles. The summed E-state index contributed by atoms with van der Waals surface area (Å²) in [5.74, 6) is 0.708. The molecule has 0 fully saturated rings. The number of para-hydroxylation sites is 2. The Hall–Kier alpha value is -8.21. The second-order valence-electron chi connectivity index (χ2n) is 15.6. The Morgan fingerprint density at radius 3 is 1.70 bits per heavy atom. The first kappa shape index (κ1) is 34.8. The van der Waals surface area contributed by atoms with Gasteiger partial charge < -0.3 is 4.57 Å². The van der Waals surface area contributed by atoms with Crippen molar-refractivity contribution in [2.45, 2.75) is 0 Å². The van der Waals surface area contributed by atoms with Crippen LogP contribution in [0.1, 0.15) is 0 Å². The average Bonchev–Trinajstić information content (AvgIpc) is 3.67. The summed E-state index contributed by atoms with van der Waals surface area (Å²) >= 11 is 0. The van der Waals surface area contributed by atoms with Crippen molar-refractivity contribution in [2.75, 3.05) is 0 Å². The van der Waals surface area contributed by atoms with E-state index in [1.165, 1.54) is 27.1 Å². The van der Waals surface area contributed by atoms with E-state index in [1.54, 1.807) is 0 Å². The van der Waals surface area contributed by atoms with Crippen LogP contribution in [0.5, 0.6) is 0 Å². The van der Waals surface area contributed by atoms with E-state index in [-0.39, 0.29) is 0 Å². The van der Waals surface area contributed by atoms with E-state index >= 15 is 0 Å². The van der Waals surface area contributed by atoms with Gasteiger partial charge in [-0.25, -0.2) is 15.0 Å². The maximum atomic E-state index is 5.28. The van der Waals surface area contributed by atoms with Gasteiger partial charge in [0.25, 0.3) is 0 Å². The van der Waals surface area contributed by atoms with Crippen LogP contribution in [0.3, 0.4) is 0 Å². The van der Waals surface area contributed by atoms with Gasteiger partial charge >= 0.3 is 0 Å². The lowest BCUT2D eigenvalue weighted by atomic mass is 9.94. The average molecular weight is 777 g/mol. The lowest BCUT2D eigenvalue weighted by Crippen LogP contribution is -1.95. The molecule has 0 N–H and O–H groups in total. The number of aromatic nitrogens is 4. The summed E-state index contributed by atoms with van der Waals surface area (Å²) in [5, 5.41) is 8.21. The number of fused-ring (bicyclic) bond motifs is 7. The molecule has 0 atom stereocenters. The summed E-state index contributed by atoms with van der Waals surface area (Å²) in [7, 11) is 0. The molecule has 0 radical (unpaired) electrons. The molecule has 9 aromatic carbocycles. The minimum Gasteiger partial charge on any atom is -0.309 e. The van der Waals surface area contributed by atoms with Crippen LogP contribution in [0.2, 0.25) is 0 Å². The van der Waals surface area contributed by atoms with E-state index in [2.05, 4.69) is 199 Å².